The first-order valence-electron chi connectivity index (χ1n) is 8.97. The molecule has 0 saturated carbocycles. The first kappa shape index (κ1) is 36.4. The van der Waals surface area contributed by atoms with Crippen molar-refractivity contribution in [2.45, 2.75) is 57.8 Å². The molecule has 169 valence electrons. The zero-order chi connectivity index (χ0) is 23.9. The molecule has 9 nitrogen and oxygen atoms in total. The zero-order valence-corrected chi connectivity index (χ0v) is 20.6. The van der Waals surface area contributed by atoms with Crippen LogP contribution in [0.5, 0.6) is 0 Å². The summed E-state index contributed by atoms with van der Waals surface area (Å²) in [5, 5.41) is 29.4. The molecule has 0 aliphatic heterocycles. The molecule has 0 heterocycles. The molecule has 0 aromatic carbocycles. The van der Waals surface area contributed by atoms with E-state index in [-0.39, 0.29) is 77.5 Å². The molecule has 0 amide bonds. The maximum absolute atomic E-state index is 10.5. The van der Waals surface area contributed by atoms with Crippen LogP contribution in [0.25, 0.3) is 0 Å². The predicted molar refractivity (Wildman–Crippen MR) is 102 cm³/mol. The molecule has 0 aliphatic carbocycles. The van der Waals surface area contributed by atoms with Crippen molar-refractivity contribution in [3.05, 3.63) is 38.0 Å². The van der Waals surface area contributed by atoms with Gasteiger partial charge in [-0.3, -0.25) is 14.4 Å². The standard InChI is InChI=1S/3C7H10O3.Nd/c3*1-2-3-4-6(8)5-7(9)10;/h3*2H,1,3-5H2,(H,9,10);/q;;;+3/p-3. The van der Waals surface area contributed by atoms with Gasteiger partial charge in [0.2, 0.25) is 0 Å². The summed E-state index contributed by atoms with van der Waals surface area (Å²) in [6, 6.07) is 0. The van der Waals surface area contributed by atoms with Crippen molar-refractivity contribution < 1.29 is 84.9 Å². The van der Waals surface area contributed by atoms with Gasteiger partial charge in [-0.25, -0.2) is 0 Å². The van der Waals surface area contributed by atoms with E-state index in [1.165, 1.54) is 0 Å². The molecule has 0 saturated heterocycles. The van der Waals surface area contributed by atoms with Crippen molar-refractivity contribution in [3.8, 4) is 0 Å². The molecule has 0 fully saturated rings. The van der Waals surface area contributed by atoms with Gasteiger partial charge < -0.3 is 29.7 Å². The Kier molecular flexibility index (Phi) is 30.5. The molecule has 0 bridgehead atoms. The number of ketones is 3. The number of aliphatic carboxylic acids is 3. The summed E-state index contributed by atoms with van der Waals surface area (Å²) >= 11 is 0. The van der Waals surface area contributed by atoms with Gasteiger partial charge in [0, 0.05) is 56.4 Å². The maximum atomic E-state index is 10.5. The van der Waals surface area contributed by atoms with Crippen LogP contribution in [-0.4, -0.2) is 35.3 Å². The molecule has 0 atom stereocenters. The average Bonchev–Trinajstić information content (AvgIpc) is 2.62. The van der Waals surface area contributed by atoms with Crippen LogP contribution in [0, 0.1) is 40.8 Å². The molecule has 10 heteroatoms. The smallest absolute Gasteiger partial charge is 0.550 e. The number of allylic oxidation sites excluding steroid dienone is 3. The van der Waals surface area contributed by atoms with Crippen molar-refractivity contribution in [1.29, 1.82) is 0 Å². The number of rotatable bonds is 15. The van der Waals surface area contributed by atoms with Crippen molar-refractivity contribution in [1.82, 2.24) is 0 Å². The summed E-state index contributed by atoms with van der Waals surface area (Å²) in [5.41, 5.74) is 0. The Morgan fingerprint density at radius 3 is 0.839 bits per heavy atom. The van der Waals surface area contributed by atoms with Gasteiger partial charge in [0.1, 0.15) is 17.3 Å². The van der Waals surface area contributed by atoms with E-state index in [1.54, 1.807) is 18.2 Å². The summed E-state index contributed by atoms with van der Waals surface area (Å²) in [6.07, 6.45) is 5.64. The number of carbonyl (C=O) groups is 6. The van der Waals surface area contributed by atoms with Gasteiger partial charge in [0.05, 0.1) is 0 Å². The number of carboxylic acids is 3. The van der Waals surface area contributed by atoms with Crippen LogP contribution < -0.4 is 15.3 Å². The molecule has 0 unspecified atom stereocenters. The minimum absolute atomic E-state index is 0. The van der Waals surface area contributed by atoms with E-state index in [2.05, 4.69) is 19.7 Å². The molecular formula is C21H27NdO9. The molecule has 1 radical (unpaired) electrons. The van der Waals surface area contributed by atoms with Gasteiger partial charge in [-0.2, -0.15) is 0 Å². The van der Waals surface area contributed by atoms with Crippen molar-refractivity contribution >= 4 is 35.3 Å². The third-order valence-electron chi connectivity index (χ3n) is 2.91. The Balaban J connectivity index is -0.000000174. The van der Waals surface area contributed by atoms with Gasteiger partial charge in [-0.1, -0.05) is 18.2 Å². The van der Waals surface area contributed by atoms with Crippen LogP contribution in [0.4, 0.5) is 0 Å². The monoisotopic (exact) mass is 565 g/mol. The second-order valence-corrected chi connectivity index (χ2v) is 5.74. The van der Waals surface area contributed by atoms with Crippen molar-refractivity contribution in [2.75, 3.05) is 0 Å². The first-order valence-corrected chi connectivity index (χ1v) is 8.97. The molecule has 0 aliphatic rings. The van der Waals surface area contributed by atoms with E-state index in [0.29, 0.717) is 19.3 Å². The van der Waals surface area contributed by atoms with Crippen molar-refractivity contribution in [2.24, 2.45) is 0 Å². The third kappa shape index (κ3) is 39.1. The predicted octanol–water partition coefficient (Wildman–Crippen LogP) is -1.01. The summed E-state index contributed by atoms with van der Waals surface area (Å²) < 4.78 is 0. The number of hydrogen-bond acceptors (Lipinski definition) is 9. The number of carboxylic acid groups (broad SMARTS) is 3. The van der Waals surface area contributed by atoms with Gasteiger partial charge >= 0.3 is 40.8 Å². The number of Topliss-reactive ketones (excluding diaryl/α,β-unsaturated/α-hetero) is 3. The van der Waals surface area contributed by atoms with Crippen LogP contribution in [0.15, 0.2) is 38.0 Å². The van der Waals surface area contributed by atoms with E-state index >= 15 is 0 Å². The Morgan fingerprint density at radius 2 is 0.710 bits per heavy atom. The molecule has 0 aromatic heterocycles. The topological polar surface area (TPSA) is 172 Å². The van der Waals surface area contributed by atoms with E-state index < -0.39 is 37.2 Å². The summed E-state index contributed by atoms with van der Waals surface area (Å²) in [7, 11) is 0. The minimum Gasteiger partial charge on any atom is -0.550 e. The molecule has 0 spiro atoms. The summed E-state index contributed by atoms with van der Waals surface area (Å²) in [6.45, 7) is 10.2. The van der Waals surface area contributed by atoms with Gasteiger partial charge in [-0.15, -0.1) is 19.7 Å². The quantitative estimate of drug-likeness (QED) is 0.177. The van der Waals surface area contributed by atoms with Crippen LogP contribution in [0.3, 0.4) is 0 Å². The molecule has 0 N–H and O–H groups in total. The van der Waals surface area contributed by atoms with Crippen LogP contribution in [0.2, 0.25) is 0 Å². The second-order valence-electron chi connectivity index (χ2n) is 5.74. The Bertz CT molecular complexity index is 539. The van der Waals surface area contributed by atoms with Crippen molar-refractivity contribution in [3.63, 3.8) is 0 Å². The maximum Gasteiger partial charge on any atom is 3.00 e. The third-order valence-corrected chi connectivity index (χ3v) is 2.91. The Hall–Kier alpha value is -2.01. The fourth-order valence-corrected chi connectivity index (χ4v) is 1.54. The van der Waals surface area contributed by atoms with E-state index in [0.717, 1.165) is 0 Å². The molecule has 0 rings (SSSR count). The second kappa shape index (κ2) is 26.0. The van der Waals surface area contributed by atoms with E-state index in [9.17, 15) is 44.1 Å². The van der Waals surface area contributed by atoms with Gasteiger partial charge in [0.15, 0.2) is 0 Å². The fourth-order valence-electron chi connectivity index (χ4n) is 1.54. The molecule has 31 heavy (non-hydrogen) atoms. The van der Waals surface area contributed by atoms with Crippen LogP contribution in [0.1, 0.15) is 57.8 Å². The average molecular weight is 568 g/mol. The van der Waals surface area contributed by atoms with E-state index in [4.69, 9.17) is 0 Å². The Labute approximate surface area is 214 Å². The zero-order valence-electron chi connectivity index (χ0n) is 17.4. The summed E-state index contributed by atoms with van der Waals surface area (Å²) in [5.74, 6) is -4.85. The number of carbonyl (C=O) groups excluding carboxylic acids is 6. The van der Waals surface area contributed by atoms with Gasteiger partial charge in [0.25, 0.3) is 0 Å². The molecule has 0 aromatic rings. The minimum atomic E-state index is -1.31. The normalized spacial score (nSPS) is 8.52. The fraction of sp³-hybridized carbons (Fsp3) is 0.429. The van der Waals surface area contributed by atoms with Crippen LogP contribution >= 0.6 is 0 Å². The SMILES string of the molecule is C=CCCC(=O)CC(=O)[O-].C=CCCC(=O)CC(=O)[O-].C=CCCC(=O)CC(=O)[O-].[Nd+3]. The molecular weight excluding hydrogens is 540 g/mol. The largest absolute Gasteiger partial charge is 3.00 e. The number of hydrogen-bond donors (Lipinski definition) is 0. The van der Waals surface area contributed by atoms with Gasteiger partial charge in [-0.05, 0) is 19.3 Å². The first-order chi connectivity index (χ1) is 14.0. The Morgan fingerprint density at radius 1 is 0.516 bits per heavy atom. The summed E-state index contributed by atoms with van der Waals surface area (Å²) in [4.78, 5) is 61.1. The van der Waals surface area contributed by atoms with Crippen LogP contribution in [-0.2, 0) is 28.8 Å². The van der Waals surface area contributed by atoms with E-state index in [1.807, 2.05) is 0 Å².